The molecule has 9 nitrogen and oxygen atoms in total. The van der Waals surface area contributed by atoms with E-state index >= 15 is 0 Å². The molecular formula is C26H26N6O3. The number of carbonyl (C=O) groups excluding carboxylic acids is 1. The number of anilines is 2. The van der Waals surface area contributed by atoms with Crippen LogP contribution < -0.4 is 26.3 Å². The molecule has 1 aliphatic rings. The van der Waals surface area contributed by atoms with Crippen molar-refractivity contribution in [3.05, 3.63) is 76.5 Å². The first kappa shape index (κ1) is 23.7. The van der Waals surface area contributed by atoms with E-state index in [1.54, 1.807) is 12.3 Å². The highest BCUT2D eigenvalue weighted by Gasteiger charge is 2.42. The van der Waals surface area contributed by atoms with Gasteiger partial charge in [-0.05, 0) is 47.4 Å². The van der Waals surface area contributed by atoms with Gasteiger partial charge in [0.2, 0.25) is 5.95 Å². The number of nitrogens with two attached hydrogens (primary N) is 2. The SMILES string of the molecule is COc1cc(Cc2cnc(N)nc2N)cc(C=CC(=O)C2(C#N)NCCc3ccccc32)c1OC. The van der Waals surface area contributed by atoms with E-state index in [1.165, 1.54) is 20.3 Å². The van der Waals surface area contributed by atoms with Gasteiger partial charge in [0, 0.05) is 30.3 Å². The summed E-state index contributed by atoms with van der Waals surface area (Å²) in [6, 6.07) is 13.4. The van der Waals surface area contributed by atoms with Crippen LogP contribution in [0.1, 0.15) is 27.8 Å². The van der Waals surface area contributed by atoms with Gasteiger partial charge in [0.25, 0.3) is 0 Å². The number of nitrogens with one attached hydrogen (secondary N) is 1. The van der Waals surface area contributed by atoms with Crippen LogP contribution in [0.4, 0.5) is 11.8 Å². The van der Waals surface area contributed by atoms with E-state index in [1.807, 2.05) is 36.4 Å². The monoisotopic (exact) mass is 470 g/mol. The lowest BCUT2D eigenvalue weighted by molar-refractivity contribution is -0.119. The summed E-state index contributed by atoms with van der Waals surface area (Å²) in [7, 11) is 3.06. The molecule has 3 aromatic rings. The lowest BCUT2D eigenvalue weighted by Gasteiger charge is -2.32. The van der Waals surface area contributed by atoms with Crippen LogP contribution in [0.5, 0.6) is 11.5 Å². The van der Waals surface area contributed by atoms with E-state index in [2.05, 4.69) is 21.4 Å². The Morgan fingerprint density at radius 3 is 2.77 bits per heavy atom. The highest BCUT2D eigenvalue weighted by Crippen LogP contribution is 2.35. The molecule has 1 unspecified atom stereocenters. The Bertz CT molecular complexity index is 1350. The second-order valence-corrected chi connectivity index (χ2v) is 8.13. The largest absolute Gasteiger partial charge is 0.493 e. The average molecular weight is 471 g/mol. The number of ketones is 1. The summed E-state index contributed by atoms with van der Waals surface area (Å²) in [5, 5.41) is 13.2. The third-order valence-electron chi connectivity index (χ3n) is 6.04. The van der Waals surface area contributed by atoms with Crippen molar-refractivity contribution in [1.29, 1.82) is 5.26 Å². The van der Waals surface area contributed by atoms with Gasteiger partial charge in [-0.3, -0.25) is 10.1 Å². The third kappa shape index (κ3) is 4.52. The maximum absolute atomic E-state index is 13.4. The average Bonchev–Trinajstić information content (AvgIpc) is 2.88. The van der Waals surface area contributed by atoms with Crippen molar-refractivity contribution >= 4 is 23.6 Å². The molecule has 178 valence electrons. The zero-order valence-corrected chi connectivity index (χ0v) is 19.5. The maximum atomic E-state index is 13.4. The number of rotatable bonds is 7. The zero-order valence-electron chi connectivity index (χ0n) is 19.5. The fraction of sp³-hybridized carbons (Fsp3) is 0.231. The molecule has 0 bridgehead atoms. The van der Waals surface area contributed by atoms with Gasteiger partial charge in [-0.2, -0.15) is 10.2 Å². The first-order valence-corrected chi connectivity index (χ1v) is 11.0. The van der Waals surface area contributed by atoms with Crippen LogP contribution in [0.2, 0.25) is 0 Å². The second-order valence-electron chi connectivity index (χ2n) is 8.13. The van der Waals surface area contributed by atoms with E-state index in [0.29, 0.717) is 41.2 Å². The van der Waals surface area contributed by atoms with E-state index in [-0.39, 0.29) is 17.5 Å². The van der Waals surface area contributed by atoms with Crippen molar-refractivity contribution < 1.29 is 14.3 Å². The Hall–Kier alpha value is -4.42. The maximum Gasteiger partial charge on any atom is 0.221 e. The molecule has 9 heteroatoms. The summed E-state index contributed by atoms with van der Waals surface area (Å²) in [5.74, 6) is 0.977. The summed E-state index contributed by atoms with van der Waals surface area (Å²) in [6.45, 7) is 0.530. The number of aromatic nitrogens is 2. The van der Waals surface area contributed by atoms with Gasteiger partial charge in [0.05, 0.1) is 20.3 Å². The van der Waals surface area contributed by atoms with Gasteiger partial charge in [0.15, 0.2) is 22.8 Å². The Labute approximate surface area is 203 Å². The van der Waals surface area contributed by atoms with Crippen molar-refractivity contribution in [3.63, 3.8) is 0 Å². The summed E-state index contributed by atoms with van der Waals surface area (Å²) in [5.41, 5.74) is 14.0. The minimum absolute atomic E-state index is 0.102. The normalized spacial score (nSPS) is 16.9. The number of hydrogen-bond donors (Lipinski definition) is 3. The summed E-state index contributed by atoms with van der Waals surface area (Å²) in [4.78, 5) is 21.4. The Morgan fingerprint density at radius 1 is 1.26 bits per heavy atom. The van der Waals surface area contributed by atoms with Gasteiger partial charge in [-0.15, -0.1) is 0 Å². The van der Waals surface area contributed by atoms with Crippen LogP contribution in [0.15, 0.2) is 48.7 Å². The highest BCUT2D eigenvalue weighted by molar-refractivity contribution is 6.04. The molecule has 0 spiro atoms. The van der Waals surface area contributed by atoms with E-state index in [4.69, 9.17) is 20.9 Å². The van der Waals surface area contributed by atoms with Crippen LogP contribution in [0.3, 0.4) is 0 Å². The van der Waals surface area contributed by atoms with Crippen molar-refractivity contribution in [2.75, 3.05) is 32.2 Å². The molecule has 1 aliphatic heterocycles. The first-order valence-electron chi connectivity index (χ1n) is 11.0. The standard InChI is InChI=1S/C26H26N6O3/c1-34-21-13-16(12-19-14-30-25(29)32-24(19)28)11-18(23(21)35-2)7-8-22(33)26(15-27)20-6-4-3-5-17(20)9-10-31-26/h3-8,11,13-14,31H,9-10,12H2,1-2H3,(H4,28,29,30,32). The minimum Gasteiger partial charge on any atom is -0.493 e. The molecule has 0 saturated carbocycles. The van der Waals surface area contributed by atoms with Gasteiger partial charge >= 0.3 is 0 Å². The molecule has 2 heterocycles. The second kappa shape index (κ2) is 9.83. The number of benzene rings is 2. The molecule has 0 amide bonds. The van der Waals surface area contributed by atoms with E-state index < -0.39 is 5.54 Å². The van der Waals surface area contributed by atoms with E-state index in [9.17, 15) is 10.1 Å². The molecule has 0 aliphatic carbocycles. The summed E-state index contributed by atoms with van der Waals surface area (Å²) < 4.78 is 11.1. The molecule has 0 radical (unpaired) electrons. The Kier molecular flexibility index (Phi) is 6.66. The first-order chi connectivity index (χ1) is 16.9. The fourth-order valence-corrected chi connectivity index (χ4v) is 4.32. The predicted octanol–water partition coefficient (Wildman–Crippen LogP) is 2.40. The summed E-state index contributed by atoms with van der Waals surface area (Å²) >= 11 is 0. The molecular weight excluding hydrogens is 444 g/mol. The van der Waals surface area contributed by atoms with Crippen LogP contribution in [0.25, 0.3) is 6.08 Å². The zero-order chi connectivity index (χ0) is 25.0. The number of nitrogens with zero attached hydrogens (tertiary/aromatic N) is 3. The molecule has 4 rings (SSSR count). The topological polar surface area (TPSA) is 149 Å². The van der Waals surface area contributed by atoms with Crippen molar-refractivity contribution in [3.8, 4) is 17.6 Å². The summed E-state index contributed by atoms with van der Waals surface area (Å²) in [6.07, 6.45) is 5.78. The number of methoxy groups -OCH3 is 2. The number of hydrogen-bond acceptors (Lipinski definition) is 9. The van der Waals surface area contributed by atoms with Crippen LogP contribution in [0, 0.1) is 11.3 Å². The Balaban J connectivity index is 1.71. The lowest BCUT2D eigenvalue weighted by Crippen LogP contribution is -2.51. The van der Waals surface area contributed by atoms with Crippen molar-refractivity contribution in [1.82, 2.24) is 15.3 Å². The number of carbonyl (C=O) groups is 1. The van der Waals surface area contributed by atoms with Gasteiger partial charge < -0.3 is 20.9 Å². The van der Waals surface area contributed by atoms with Crippen molar-refractivity contribution in [2.45, 2.75) is 18.4 Å². The van der Waals surface area contributed by atoms with Gasteiger partial charge in [-0.1, -0.05) is 24.3 Å². The Morgan fingerprint density at radius 2 is 2.06 bits per heavy atom. The smallest absolute Gasteiger partial charge is 0.221 e. The van der Waals surface area contributed by atoms with Crippen LogP contribution in [-0.4, -0.2) is 36.5 Å². The van der Waals surface area contributed by atoms with Gasteiger partial charge in [0.1, 0.15) is 5.82 Å². The van der Waals surface area contributed by atoms with Crippen LogP contribution in [-0.2, 0) is 23.2 Å². The quantitative estimate of drug-likeness (QED) is 0.442. The number of fused-ring (bicyclic) bond motifs is 1. The highest BCUT2D eigenvalue weighted by atomic mass is 16.5. The molecule has 2 aromatic carbocycles. The molecule has 1 aromatic heterocycles. The molecule has 0 fully saturated rings. The lowest BCUT2D eigenvalue weighted by atomic mass is 9.80. The molecule has 5 N–H and O–H groups in total. The predicted molar refractivity (Wildman–Crippen MR) is 133 cm³/mol. The number of nitriles is 1. The van der Waals surface area contributed by atoms with E-state index in [0.717, 1.165) is 17.5 Å². The fourth-order valence-electron chi connectivity index (χ4n) is 4.32. The number of ether oxygens (including phenoxy) is 2. The number of nitrogen functional groups attached to an aromatic ring is 2. The van der Waals surface area contributed by atoms with Gasteiger partial charge in [-0.25, -0.2) is 4.98 Å². The van der Waals surface area contributed by atoms with Crippen LogP contribution >= 0.6 is 0 Å². The molecule has 35 heavy (non-hydrogen) atoms. The molecule has 1 atom stereocenters. The minimum atomic E-state index is -1.45. The molecule has 0 saturated heterocycles. The third-order valence-corrected chi connectivity index (χ3v) is 6.04. The van der Waals surface area contributed by atoms with Crippen molar-refractivity contribution in [2.24, 2.45) is 0 Å².